The van der Waals surface area contributed by atoms with Crippen molar-refractivity contribution in [2.75, 3.05) is 0 Å². The van der Waals surface area contributed by atoms with E-state index in [0.717, 1.165) is 15.8 Å². The van der Waals surface area contributed by atoms with Crippen LogP contribution in [-0.2, 0) is 0 Å². The highest BCUT2D eigenvalue weighted by atomic mass is 32.1. The SMILES string of the molecule is C#Cc1cccc(C(=O)O)c1-c1ccc2scnc2c1. The Morgan fingerprint density at radius 3 is 2.90 bits per heavy atom. The Morgan fingerprint density at radius 2 is 2.15 bits per heavy atom. The van der Waals surface area contributed by atoms with Gasteiger partial charge < -0.3 is 5.11 Å². The van der Waals surface area contributed by atoms with Crippen molar-refractivity contribution < 1.29 is 9.90 Å². The van der Waals surface area contributed by atoms with Gasteiger partial charge in [-0.25, -0.2) is 9.78 Å². The fourth-order valence-electron chi connectivity index (χ4n) is 2.18. The summed E-state index contributed by atoms with van der Waals surface area (Å²) in [5.41, 5.74) is 4.72. The van der Waals surface area contributed by atoms with E-state index >= 15 is 0 Å². The normalized spacial score (nSPS) is 10.3. The number of thiazole rings is 1. The lowest BCUT2D eigenvalue weighted by Crippen LogP contribution is -2.01. The smallest absolute Gasteiger partial charge is 0.336 e. The standard InChI is InChI=1S/C16H9NO2S/c1-2-10-4-3-5-12(16(18)19)15(10)11-6-7-14-13(8-11)17-9-20-14/h1,3-9H,(H,18,19). The van der Waals surface area contributed by atoms with Gasteiger partial charge in [-0.3, -0.25) is 0 Å². The first kappa shape index (κ1) is 12.4. The third-order valence-electron chi connectivity index (χ3n) is 3.07. The molecule has 0 bridgehead atoms. The molecule has 0 saturated carbocycles. The average molecular weight is 279 g/mol. The maximum Gasteiger partial charge on any atom is 0.336 e. The van der Waals surface area contributed by atoms with Gasteiger partial charge in [0.1, 0.15) is 0 Å². The van der Waals surface area contributed by atoms with Gasteiger partial charge in [-0.2, -0.15) is 0 Å². The van der Waals surface area contributed by atoms with E-state index in [1.807, 2.05) is 18.2 Å². The molecule has 4 heteroatoms. The first-order valence-corrected chi connectivity index (χ1v) is 6.75. The third kappa shape index (κ3) is 1.94. The Morgan fingerprint density at radius 1 is 1.30 bits per heavy atom. The highest BCUT2D eigenvalue weighted by molar-refractivity contribution is 7.16. The van der Waals surface area contributed by atoms with Crippen molar-refractivity contribution in [2.45, 2.75) is 0 Å². The van der Waals surface area contributed by atoms with Gasteiger partial charge in [0.15, 0.2) is 0 Å². The molecule has 0 saturated heterocycles. The Kier molecular flexibility index (Phi) is 2.97. The van der Waals surface area contributed by atoms with Crippen LogP contribution in [-0.4, -0.2) is 16.1 Å². The number of terminal acetylenes is 1. The Labute approximate surface area is 119 Å². The lowest BCUT2D eigenvalue weighted by Gasteiger charge is -2.09. The molecule has 0 aliphatic rings. The number of carbonyl (C=O) groups is 1. The molecule has 0 aliphatic carbocycles. The molecule has 0 spiro atoms. The van der Waals surface area contributed by atoms with Crippen molar-refractivity contribution in [3.63, 3.8) is 0 Å². The minimum absolute atomic E-state index is 0.204. The summed E-state index contributed by atoms with van der Waals surface area (Å²) in [4.78, 5) is 15.6. The zero-order valence-corrected chi connectivity index (χ0v) is 11.1. The molecule has 3 nitrogen and oxygen atoms in total. The highest BCUT2D eigenvalue weighted by Gasteiger charge is 2.15. The van der Waals surface area contributed by atoms with Crippen molar-refractivity contribution in [3.05, 3.63) is 53.0 Å². The molecule has 2 aromatic carbocycles. The first-order chi connectivity index (χ1) is 9.70. The predicted octanol–water partition coefficient (Wildman–Crippen LogP) is 3.64. The molecule has 0 unspecified atom stereocenters. The minimum Gasteiger partial charge on any atom is -0.478 e. The summed E-state index contributed by atoms with van der Waals surface area (Å²) in [6.45, 7) is 0. The zero-order chi connectivity index (χ0) is 14.1. The summed E-state index contributed by atoms with van der Waals surface area (Å²) in [6, 6.07) is 10.6. The van der Waals surface area contributed by atoms with Crippen molar-refractivity contribution in [2.24, 2.45) is 0 Å². The van der Waals surface area contributed by atoms with Crippen LogP contribution in [0.3, 0.4) is 0 Å². The van der Waals surface area contributed by atoms with E-state index in [9.17, 15) is 9.90 Å². The maximum atomic E-state index is 11.4. The van der Waals surface area contributed by atoms with E-state index in [2.05, 4.69) is 10.9 Å². The van der Waals surface area contributed by atoms with E-state index < -0.39 is 5.97 Å². The Hall–Kier alpha value is -2.64. The molecule has 0 atom stereocenters. The van der Waals surface area contributed by atoms with E-state index in [-0.39, 0.29) is 5.56 Å². The second-order valence-corrected chi connectivity index (χ2v) is 5.10. The largest absolute Gasteiger partial charge is 0.478 e. The number of fused-ring (bicyclic) bond motifs is 1. The monoisotopic (exact) mass is 279 g/mol. The summed E-state index contributed by atoms with van der Waals surface area (Å²) in [7, 11) is 0. The molecule has 1 N–H and O–H groups in total. The molecular formula is C16H9NO2S. The van der Waals surface area contributed by atoms with Crippen LogP contribution < -0.4 is 0 Å². The van der Waals surface area contributed by atoms with Gasteiger partial charge in [0, 0.05) is 11.1 Å². The number of nitrogens with zero attached hydrogens (tertiary/aromatic N) is 1. The van der Waals surface area contributed by atoms with Crippen molar-refractivity contribution in [3.8, 4) is 23.5 Å². The van der Waals surface area contributed by atoms with E-state index in [1.165, 1.54) is 0 Å². The fraction of sp³-hybridized carbons (Fsp3) is 0. The highest BCUT2D eigenvalue weighted by Crippen LogP contribution is 2.31. The summed E-state index contributed by atoms with van der Waals surface area (Å²) < 4.78 is 1.06. The molecule has 1 aromatic heterocycles. The summed E-state index contributed by atoms with van der Waals surface area (Å²) in [6.07, 6.45) is 5.49. The van der Waals surface area contributed by atoms with Gasteiger partial charge in [-0.15, -0.1) is 17.8 Å². The molecule has 0 amide bonds. The fourth-order valence-corrected chi connectivity index (χ4v) is 2.83. The van der Waals surface area contributed by atoms with Crippen LogP contribution in [0.4, 0.5) is 0 Å². The number of aromatic nitrogens is 1. The molecule has 0 radical (unpaired) electrons. The number of rotatable bonds is 2. The Balaban J connectivity index is 2.32. The molecule has 20 heavy (non-hydrogen) atoms. The van der Waals surface area contributed by atoms with Crippen LogP contribution in [0.2, 0.25) is 0 Å². The van der Waals surface area contributed by atoms with Crippen molar-refractivity contribution in [1.29, 1.82) is 0 Å². The summed E-state index contributed by atoms with van der Waals surface area (Å²) >= 11 is 1.54. The van der Waals surface area contributed by atoms with Crippen LogP contribution in [0.5, 0.6) is 0 Å². The average Bonchev–Trinajstić information content (AvgIpc) is 2.93. The maximum absolute atomic E-state index is 11.4. The Bertz CT molecular complexity index is 858. The van der Waals surface area contributed by atoms with Crippen LogP contribution in [0.1, 0.15) is 15.9 Å². The zero-order valence-electron chi connectivity index (χ0n) is 10.3. The molecule has 3 rings (SSSR count). The molecule has 96 valence electrons. The van der Waals surface area contributed by atoms with E-state index in [4.69, 9.17) is 6.42 Å². The topological polar surface area (TPSA) is 50.2 Å². The van der Waals surface area contributed by atoms with Crippen molar-refractivity contribution in [1.82, 2.24) is 4.98 Å². The van der Waals surface area contributed by atoms with Gasteiger partial charge in [0.25, 0.3) is 0 Å². The second-order valence-electron chi connectivity index (χ2n) is 4.21. The van der Waals surface area contributed by atoms with Crippen LogP contribution in [0, 0.1) is 12.3 Å². The minimum atomic E-state index is -0.990. The molecule has 3 aromatic rings. The van der Waals surface area contributed by atoms with E-state index in [0.29, 0.717) is 11.1 Å². The summed E-state index contributed by atoms with van der Waals surface area (Å²) in [5, 5.41) is 9.34. The number of carboxylic acid groups (broad SMARTS) is 1. The second kappa shape index (κ2) is 4.80. The molecule has 0 fully saturated rings. The number of carboxylic acids is 1. The number of aromatic carboxylic acids is 1. The summed E-state index contributed by atoms with van der Waals surface area (Å²) in [5.74, 6) is 1.56. The molecule has 1 heterocycles. The van der Waals surface area contributed by atoms with Crippen molar-refractivity contribution >= 4 is 27.5 Å². The lowest BCUT2D eigenvalue weighted by atomic mass is 9.94. The van der Waals surface area contributed by atoms with Gasteiger partial charge in [0.2, 0.25) is 0 Å². The van der Waals surface area contributed by atoms with Crippen LogP contribution >= 0.6 is 11.3 Å². The number of hydrogen-bond donors (Lipinski definition) is 1. The third-order valence-corrected chi connectivity index (χ3v) is 3.88. The first-order valence-electron chi connectivity index (χ1n) is 5.87. The molecular weight excluding hydrogens is 270 g/mol. The van der Waals surface area contributed by atoms with Gasteiger partial charge in [-0.1, -0.05) is 18.1 Å². The lowest BCUT2D eigenvalue weighted by molar-refractivity contribution is 0.0697. The van der Waals surface area contributed by atoms with Gasteiger partial charge in [0.05, 0.1) is 21.3 Å². The van der Waals surface area contributed by atoms with Gasteiger partial charge in [-0.05, 0) is 29.8 Å². The molecule has 0 aliphatic heterocycles. The van der Waals surface area contributed by atoms with Gasteiger partial charge >= 0.3 is 5.97 Å². The predicted molar refractivity (Wildman–Crippen MR) is 80.0 cm³/mol. The van der Waals surface area contributed by atoms with Crippen LogP contribution in [0.15, 0.2) is 41.9 Å². The number of benzene rings is 2. The van der Waals surface area contributed by atoms with Crippen LogP contribution in [0.25, 0.3) is 21.3 Å². The number of hydrogen-bond acceptors (Lipinski definition) is 3. The quantitative estimate of drug-likeness (QED) is 0.728. The van der Waals surface area contributed by atoms with E-state index in [1.54, 1.807) is 35.0 Å².